The van der Waals surface area contributed by atoms with E-state index < -0.39 is 7.26 Å². The van der Waals surface area contributed by atoms with Crippen molar-refractivity contribution in [1.29, 1.82) is 0 Å². The van der Waals surface area contributed by atoms with Gasteiger partial charge in [0.15, 0.2) is 0 Å². The molecule has 192 valence electrons. The second-order valence-electron chi connectivity index (χ2n) is 8.80. The molecule has 1 N–H and O–H groups in total. The molecule has 0 spiro atoms. The smallest absolute Gasteiger partial charge is 0.139 e. The average molecular weight is 590 g/mol. The molecule has 0 bridgehead atoms. The lowest BCUT2D eigenvalue weighted by atomic mass is 10.2. The zero-order valence-corrected chi connectivity index (χ0v) is 24.0. The van der Waals surface area contributed by atoms with E-state index in [4.69, 9.17) is 0 Å². The lowest BCUT2D eigenvalue weighted by Gasteiger charge is -2.25. The van der Waals surface area contributed by atoms with E-state index in [1.807, 2.05) is 36.4 Å². The maximum absolute atomic E-state index is 4.62. The summed E-state index contributed by atoms with van der Waals surface area (Å²) in [6.45, 7) is 0. The second-order valence-corrected chi connectivity index (χ2v) is 12.1. The lowest BCUT2D eigenvalue weighted by molar-refractivity contribution is -0.00000726. The number of hydrogen-bond acceptors (Lipinski definition) is 2. The molecule has 0 fully saturated rings. The summed E-state index contributed by atoms with van der Waals surface area (Å²) in [7, 11) is -2.19. The van der Waals surface area contributed by atoms with Crippen molar-refractivity contribution in [1.82, 2.24) is 5.43 Å². The van der Waals surface area contributed by atoms with Gasteiger partial charge in [0.2, 0.25) is 0 Å². The van der Waals surface area contributed by atoms with Crippen LogP contribution in [-0.2, 0) is 0 Å². The third-order valence-electron chi connectivity index (χ3n) is 6.33. The van der Waals surface area contributed by atoms with Crippen molar-refractivity contribution in [2.45, 2.75) is 0 Å². The fraction of sp³-hybridized carbons (Fsp3) is 0. The maximum atomic E-state index is 4.62. The Hall–Kier alpha value is -4.04. The summed E-state index contributed by atoms with van der Waals surface area (Å²) in [5.41, 5.74) is 6.59. The van der Waals surface area contributed by atoms with Crippen molar-refractivity contribution >= 4 is 41.2 Å². The molecule has 0 aliphatic heterocycles. The number of benzene rings is 5. The van der Waals surface area contributed by atoms with Crippen LogP contribution in [0.3, 0.4) is 0 Å². The standard InChI is InChI=1S/C35H30N2P.BrH/c1-6-17-30(18-7-1)19-16-28-36-37-35(31-20-8-2-9-21-31)29-38(32-22-10-3-11-23-32,33-24-12-4-13-25-33)34-26-14-5-15-27-34;/h1-29,37H;1H/q+1;/p-1/b19-16+,35-29+,36-28+;. The molecule has 4 heteroatoms. The van der Waals surface area contributed by atoms with Crippen molar-refractivity contribution in [3.05, 3.63) is 175 Å². The summed E-state index contributed by atoms with van der Waals surface area (Å²) in [4.78, 5) is 0. The van der Waals surface area contributed by atoms with Gasteiger partial charge in [0, 0.05) is 11.8 Å². The molecule has 0 saturated carbocycles. The summed E-state index contributed by atoms with van der Waals surface area (Å²) in [6.07, 6.45) is 5.81. The first kappa shape index (κ1) is 28.0. The zero-order valence-electron chi connectivity index (χ0n) is 21.5. The van der Waals surface area contributed by atoms with Crippen LogP contribution in [0.4, 0.5) is 0 Å². The first-order valence-corrected chi connectivity index (χ1v) is 14.6. The van der Waals surface area contributed by atoms with Crippen LogP contribution in [0.15, 0.2) is 169 Å². The third-order valence-corrected chi connectivity index (χ3v) is 10.3. The Morgan fingerprint density at radius 3 is 1.41 bits per heavy atom. The molecule has 0 unspecified atom stereocenters. The van der Waals surface area contributed by atoms with E-state index in [0.29, 0.717) is 0 Å². The molecule has 0 radical (unpaired) electrons. The minimum absolute atomic E-state index is 0. The molecule has 0 aliphatic carbocycles. The molecule has 0 atom stereocenters. The largest absolute Gasteiger partial charge is 1.00 e. The highest BCUT2D eigenvalue weighted by Gasteiger charge is 2.44. The number of nitrogens with zero attached hydrogens (tertiary/aromatic N) is 1. The summed E-state index contributed by atoms with van der Waals surface area (Å²) < 4.78 is 0. The van der Waals surface area contributed by atoms with Gasteiger partial charge in [0.1, 0.15) is 23.2 Å². The molecular weight excluding hydrogens is 559 g/mol. The van der Waals surface area contributed by atoms with Crippen molar-refractivity contribution < 1.29 is 17.0 Å². The molecule has 0 saturated heterocycles. The van der Waals surface area contributed by atoms with Gasteiger partial charge in [0.05, 0.1) is 11.5 Å². The Balaban J connectivity index is 0.00000353. The molecule has 39 heavy (non-hydrogen) atoms. The Bertz CT molecular complexity index is 1410. The van der Waals surface area contributed by atoms with Crippen molar-refractivity contribution in [3.63, 3.8) is 0 Å². The van der Waals surface area contributed by atoms with Crippen molar-refractivity contribution in [2.24, 2.45) is 5.10 Å². The zero-order chi connectivity index (χ0) is 25.9. The van der Waals surface area contributed by atoms with Crippen molar-refractivity contribution in [2.75, 3.05) is 0 Å². The number of hydrogen-bond donors (Lipinski definition) is 1. The van der Waals surface area contributed by atoms with Gasteiger partial charge < -0.3 is 17.0 Å². The fourth-order valence-electron chi connectivity index (χ4n) is 4.51. The van der Waals surface area contributed by atoms with Crippen LogP contribution >= 0.6 is 7.26 Å². The Kier molecular flexibility index (Phi) is 10.2. The van der Waals surface area contributed by atoms with Crippen LogP contribution in [0, 0.1) is 0 Å². The highest BCUT2D eigenvalue weighted by atomic mass is 79.9. The van der Waals surface area contributed by atoms with Gasteiger partial charge in [-0.15, -0.1) is 0 Å². The molecule has 2 nitrogen and oxygen atoms in total. The molecule has 5 aromatic rings. The first-order valence-electron chi connectivity index (χ1n) is 12.7. The average Bonchev–Trinajstić information content (AvgIpc) is 3.01. The van der Waals surface area contributed by atoms with Crippen LogP contribution in [0.2, 0.25) is 0 Å². The Morgan fingerprint density at radius 2 is 0.949 bits per heavy atom. The minimum Gasteiger partial charge on any atom is -1.00 e. The number of halogens is 1. The van der Waals surface area contributed by atoms with E-state index in [0.717, 1.165) is 16.8 Å². The number of rotatable bonds is 9. The molecule has 5 aromatic carbocycles. The van der Waals surface area contributed by atoms with Gasteiger partial charge in [-0.1, -0.05) is 121 Å². The predicted molar refractivity (Wildman–Crippen MR) is 167 cm³/mol. The van der Waals surface area contributed by atoms with Gasteiger partial charge in [-0.25, -0.2) is 0 Å². The highest BCUT2D eigenvalue weighted by molar-refractivity contribution is 7.98. The Labute approximate surface area is 242 Å². The minimum atomic E-state index is -2.19. The van der Waals surface area contributed by atoms with Crippen LogP contribution in [-0.4, -0.2) is 6.21 Å². The molecule has 0 amide bonds. The molecule has 5 rings (SSSR count). The Morgan fingerprint density at radius 1 is 0.538 bits per heavy atom. The monoisotopic (exact) mass is 588 g/mol. The van der Waals surface area contributed by atoms with E-state index in [2.05, 4.69) is 144 Å². The maximum Gasteiger partial charge on any atom is 0.139 e. The third kappa shape index (κ3) is 6.89. The van der Waals surface area contributed by atoms with Crippen LogP contribution in [0.5, 0.6) is 0 Å². The van der Waals surface area contributed by atoms with E-state index in [-0.39, 0.29) is 17.0 Å². The topological polar surface area (TPSA) is 24.4 Å². The van der Waals surface area contributed by atoms with Gasteiger partial charge in [-0.2, -0.15) is 5.10 Å². The summed E-state index contributed by atoms with van der Waals surface area (Å²) in [5, 5.41) is 8.49. The number of nitrogens with one attached hydrogen (secondary N) is 1. The fourth-order valence-corrected chi connectivity index (χ4v) is 8.37. The lowest BCUT2D eigenvalue weighted by Crippen LogP contribution is -3.00. The number of hydrazone groups is 1. The van der Waals surface area contributed by atoms with Gasteiger partial charge in [-0.05, 0) is 48.0 Å². The van der Waals surface area contributed by atoms with Gasteiger partial charge in [-0.3, -0.25) is 5.43 Å². The van der Waals surface area contributed by atoms with Crippen LogP contribution in [0.25, 0.3) is 11.8 Å². The number of allylic oxidation sites excluding steroid dienone is 1. The van der Waals surface area contributed by atoms with E-state index in [1.165, 1.54) is 15.9 Å². The SMILES string of the molecule is C(=C\c1ccccc1)/C=N/N/C(=C/[P+](c1ccccc1)(c1ccccc1)c1ccccc1)c1ccccc1.[Br-]. The predicted octanol–water partition coefficient (Wildman–Crippen LogP) is 4.27. The quantitative estimate of drug-likeness (QED) is 0.155. The van der Waals surface area contributed by atoms with Crippen LogP contribution < -0.4 is 38.3 Å². The second kappa shape index (κ2) is 14.2. The molecule has 0 aliphatic rings. The first-order chi connectivity index (χ1) is 18.9. The van der Waals surface area contributed by atoms with Gasteiger partial charge >= 0.3 is 0 Å². The van der Waals surface area contributed by atoms with E-state index in [1.54, 1.807) is 6.21 Å². The highest BCUT2D eigenvalue weighted by Crippen LogP contribution is 2.58. The van der Waals surface area contributed by atoms with Crippen molar-refractivity contribution in [3.8, 4) is 0 Å². The molecular formula is C35H30BrN2P. The molecule has 0 aromatic heterocycles. The summed E-state index contributed by atoms with van der Waals surface area (Å²) in [5.74, 6) is 2.42. The van der Waals surface area contributed by atoms with Gasteiger partial charge in [0.25, 0.3) is 0 Å². The molecule has 0 heterocycles. The van der Waals surface area contributed by atoms with E-state index in [9.17, 15) is 0 Å². The van der Waals surface area contributed by atoms with Crippen LogP contribution in [0.1, 0.15) is 11.1 Å². The van der Waals surface area contributed by atoms with E-state index >= 15 is 0 Å². The summed E-state index contributed by atoms with van der Waals surface area (Å²) >= 11 is 0. The normalized spacial score (nSPS) is 11.8. The summed E-state index contributed by atoms with van der Waals surface area (Å²) in [6, 6.07) is 53.2.